The van der Waals surface area contributed by atoms with Crippen LogP contribution in [0.1, 0.15) is 16.8 Å². The van der Waals surface area contributed by atoms with Gasteiger partial charge in [-0.2, -0.15) is 5.26 Å². The Morgan fingerprint density at radius 1 is 1.35 bits per heavy atom. The minimum atomic E-state index is -3.65. The largest absolute Gasteiger partial charge is 0.294 e. The third kappa shape index (κ3) is 2.01. The molecule has 17 heavy (non-hydrogen) atoms. The van der Waals surface area contributed by atoms with Crippen molar-refractivity contribution in [3.8, 4) is 6.07 Å². The molecular weight excluding hydrogens is 240 g/mol. The van der Waals surface area contributed by atoms with E-state index in [1.54, 1.807) is 30.3 Å². The fourth-order valence-corrected chi connectivity index (χ4v) is 2.98. The standard InChI is InChI=1S/C11H10N2O3S/c12-6-8-17(15,16)13-7-5-11(14)9-3-1-2-4-10(9)13/h1-4H,5,7-8H2. The predicted octanol–water partition coefficient (Wildman–Crippen LogP) is 0.933. The highest BCUT2D eigenvalue weighted by Crippen LogP contribution is 2.28. The van der Waals surface area contributed by atoms with Gasteiger partial charge in [-0.15, -0.1) is 0 Å². The molecule has 1 aliphatic heterocycles. The number of rotatable bonds is 2. The number of carbonyl (C=O) groups excluding carboxylic acids is 1. The van der Waals surface area contributed by atoms with Gasteiger partial charge in [0.15, 0.2) is 11.5 Å². The van der Waals surface area contributed by atoms with Crippen LogP contribution in [-0.4, -0.2) is 26.5 Å². The number of hydrogen-bond donors (Lipinski definition) is 0. The molecule has 0 N–H and O–H groups in total. The van der Waals surface area contributed by atoms with E-state index < -0.39 is 15.8 Å². The molecule has 0 fully saturated rings. The second-order valence-electron chi connectivity index (χ2n) is 3.68. The van der Waals surface area contributed by atoms with Gasteiger partial charge in [0, 0.05) is 18.5 Å². The van der Waals surface area contributed by atoms with E-state index in [9.17, 15) is 13.2 Å². The summed E-state index contributed by atoms with van der Waals surface area (Å²) in [5.41, 5.74) is 0.777. The Morgan fingerprint density at radius 2 is 2.06 bits per heavy atom. The molecule has 1 aliphatic rings. The van der Waals surface area contributed by atoms with Gasteiger partial charge in [0.25, 0.3) is 0 Å². The van der Waals surface area contributed by atoms with Crippen LogP contribution in [0.4, 0.5) is 5.69 Å². The van der Waals surface area contributed by atoms with E-state index in [1.807, 2.05) is 0 Å². The van der Waals surface area contributed by atoms with Gasteiger partial charge in [0.1, 0.15) is 0 Å². The fraction of sp³-hybridized carbons (Fsp3) is 0.273. The number of sulfonamides is 1. The molecule has 1 aromatic carbocycles. The van der Waals surface area contributed by atoms with E-state index in [-0.39, 0.29) is 18.7 Å². The fourth-order valence-electron chi connectivity index (χ4n) is 1.83. The Labute approximate surface area is 99.3 Å². The van der Waals surface area contributed by atoms with Gasteiger partial charge in [-0.1, -0.05) is 12.1 Å². The van der Waals surface area contributed by atoms with E-state index >= 15 is 0 Å². The zero-order valence-electron chi connectivity index (χ0n) is 8.96. The maximum atomic E-state index is 11.8. The molecule has 1 aromatic rings. The van der Waals surface area contributed by atoms with E-state index in [4.69, 9.17) is 5.26 Å². The van der Waals surface area contributed by atoms with Crippen LogP contribution in [0.3, 0.4) is 0 Å². The van der Waals surface area contributed by atoms with Crippen molar-refractivity contribution >= 4 is 21.5 Å². The van der Waals surface area contributed by atoms with Crippen molar-refractivity contribution in [2.75, 3.05) is 16.6 Å². The van der Waals surface area contributed by atoms with Crippen LogP contribution in [0.25, 0.3) is 0 Å². The number of anilines is 1. The van der Waals surface area contributed by atoms with Gasteiger partial charge >= 0.3 is 0 Å². The summed E-state index contributed by atoms with van der Waals surface area (Å²) in [5.74, 6) is -0.640. The number of Topliss-reactive ketones (excluding diaryl/α,β-unsaturated/α-hetero) is 1. The third-order valence-corrected chi connectivity index (χ3v) is 4.14. The minimum Gasteiger partial charge on any atom is -0.294 e. The number of carbonyl (C=O) groups is 1. The SMILES string of the molecule is N#CCS(=O)(=O)N1CCC(=O)c2ccccc21. The molecule has 0 saturated heterocycles. The second-order valence-corrected chi connectivity index (χ2v) is 5.57. The summed E-state index contributed by atoms with van der Waals surface area (Å²) in [5, 5.41) is 8.51. The number of benzene rings is 1. The molecule has 0 aliphatic carbocycles. The van der Waals surface area contributed by atoms with Crippen LogP contribution in [0.5, 0.6) is 0 Å². The van der Waals surface area contributed by atoms with Crippen molar-refractivity contribution < 1.29 is 13.2 Å². The number of nitriles is 1. The van der Waals surface area contributed by atoms with Crippen LogP contribution < -0.4 is 4.31 Å². The Kier molecular flexibility index (Phi) is 2.86. The summed E-state index contributed by atoms with van der Waals surface area (Å²) in [4.78, 5) is 11.6. The van der Waals surface area contributed by atoms with Crippen LogP contribution in [0.2, 0.25) is 0 Å². The highest BCUT2D eigenvalue weighted by atomic mass is 32.2. The van der Waals surface area contributed by atoms with Crippen LogP contribution in [0, 0.1) is 11.3 Å². The number of para-hydroxylation sites is 1. The molecule has 0 radical (unpaired) electrons. The number of hydrogen-bond acceptors (Lipinski definition) is 4. The molecule has 0 spiro atoms. The lowest BCUT2D eigenvalue weighted by atomic mass is 10.0. The van der Waals surface area contributed by atoms with E-state index in [0.29, 0.717) is 11.3 Å². The highest BCUT2D eigenvalue weighted by molar-refractivity contribution is 7.93. The Balaban J connectivity index is 2.51. The first-order valence-electron chi connectivity index (χ1n) is 5.06. The monoisotopic (exact) mass is 250 g/mol. The van der Waals surface area contributed by atoms with Crippen LogP contribution in [-0.2, 0) is 10.0 Å². The maximum absolute atomic E-state index is 11.8. The maximum Gasteiger partial charge on any atom is 0.248 e. The van der Waals surface area contributed by atoms with Crippen LogP contribution >= 0.6 is 0 Å². The van der Waals surface area contributed by atoms with Gasteiger partial charge in [-0.25, -0.2) is 8.42 Å². The first-order valence-corrected chi connectivity index (χ1v) is 6.67. The molecule has 88 valence electrons. The first kappa shape index (κ1) is 11.6. The smallest absolute Gasteiger partial charge is 0.248 e. The van der Waals surface area contributed by atoms with Gasteiger partial charge in [-0.3, -0.25) is 9.10 Å². The van der Waals surface area contributed by atoms with Crippen molar-refractivity contribution in [1.82, 2.24) is 0 Å². The summed E-state index contributed by atoms with van der Waals surface area (Å²) in [6, 6.07) is 8.18. The number of ketones is 1. The molecule has 0 aromatic heterocycles. The van der Waals surface area contributed by atoms with Gasteiger partial charge in [-0.05, 0) is 12.1 Å². The Hall–Kier alpha value is -1.87. The van der Waals surface area contributed by atoms with Crippen molar-refractivity contribution in [2.45, 2.75) is 6.42 Å². The van der Waals surface area contributed by atoms with Crippen molar-refractivity contribution in [3.05, 3.63) is 29.8 Å². The molecule has 6 heteroatoms. The lowest BCUT2D eigenvalue weighted by Crippen LogP contribution is -2.38. The van der Waals surface area contributed by atoms with Crippen molar-refractivity contribution in [3.63, 3.8) is 0 Å². The Morgan fingerprint density at radius 3 is 2.76 bits per heavy atom. The lowest BCUT2D eigenvalue weighted by Gasteiger charge is -2.28. The molecule has 0 atom stereocenters. The van der Waals surface area contributed by atoms with Gasteiger partial charge < -0.3 is 0 Å². The average molecular weight is 250 g/mol. The Bertz CT molecular complexity index is 601. The number of nitrogens with zero attached hydrogens (tertiary/aromatic N) is 2. The zero-order chi connectivity index (χ0) is 12.5. The summed E-state index contributed by atoms with van der Waals surface area (Å²) < 4.78 is 24.8. The van der Waals surface area contributed by atoms with E-state index in [2.05, 4.69) is 0 Å². The molecule has 0 amide bonds. The lowest BCUT2D eigenvalue weighted by molar-refractivity contribution is 0.0982. The normalized spacial score (nSPS) is 15.2. The van der Waals surface area contributed by atoms with E-state index in [0.717, 1.165) is 4.31 Å². The second kappa shape index (κ2) is 4.18. The molecular formula is C11H10N2O3S. The molecule has 2 rings (SSSR count). The highest BCUT2D eigenvalue weighted by Gasteiger charge is 2.30. The molecule has 0 bridgehead atoms. The van der Waals surface area contributed by atoms with Gasteiger partial charge in [0.2, 0.25) is 10.0 Å². The topological polar surface area (TPSA) is 78.2 Å². The summed E-state index contributed by atoms with van der Waals surface area (Å²) in [6.07, 6.45) is 0.154. The summed E-state index contributed by atoms with van der Waals surface area (Å²) >= 11 is 0. The predicted molar refractivity (Wildman–Crippen MR) is 62.1 cm³/mol. The third-order valence-electron chi connectivity index (χ3n) is 2.60. The quantitative estimate of drug-likeness (QED) is 0.782. The molecule has 1 heterocycles. The first-order chi connectivity index (χ1) is 8.06. The zero-order valence-corrected chi connectivity index (χ0v) is 9.77. The molecule has 5 nitrogen and oxygen atoms in total. The van der Waals surface area contributed by atoms with Crippen molar-refractivity contribution in [1.29, 1.82) is 5.26 Å². The van der Waals surface area contributed by atoms with Crippen molar-refractivity contribution in [2.24, 2.45) is 0 Å². The van der Waals surface area contributed by atoms with Crippen LogP contribution in [0.15, 0.2) is 24.3 Å². The average Bonchev–Trinajstić information content (AvgIpc) is 2.29. The molecule has 0 saturated carbocycles. The number of fused-ring (bicyclic) bond motifs is 1. The summed E-state index contributed by atoms with van der Waals surface area (Å²) in [6.45, 7) is 0.111. The van der Waals surface area contributed by atoms with Gasteiger partial charge in [0.05, 0.1) is 11.8 Å². The summed E-state index contributed by atoms with van der Waals surface area (Å²) in [7, 11) is -3.65. The minimum absolute atomic E-state index is 0.0657. The molecule has 0 unspecified atom stereocenters. The van der Waals surface area contributed by atoms with E-state index in [1.165, 1.54) is 0 Å².